The van der Waals surface area contributed by atoms with Crippen molar-refractivity contribution in [3.8, 4) is 0 Å². The minimum atomic E-state index is -0.677. The molecule has 3 rings (SSSR count). The summed E-state index contributed by atoms with van der Waals surface area (Å²) >= 11 is 0. The molecule has 8 nitrogen and oxygen atoms in total. The fourth-order valence-electron chi connectivity index (χ4n) is 3.12. The summed E-state index contributed by atoms with van der Waals surface area (Å²) in [5, 5.41) is 4.78. The monoisotopic (exact) mass is 401 g/mol. The van der Waals surface area contributed by atoms with E-state index in [2.05, 4.69) is 5.10 Å². The van der Waals surface area contributed by atoms with Gasteiger partial charge in [-0.2, -0.15) is 5.10 Å². The molecule has 2 N–H and O–H groups in total. The highest BCUT2D eigenvalue weighted by Crippen LogP contribution is 2.36. The van der Waals surface area contributed by atoms with Gasteiger partial charge in [-0.1, -0.05) is 12.1 Å². The zero-order valence-electron chi connectivity index (χ0n) is 18.0. The van der Waals surface area contributed by atoms with Crippen molar-refractivity contribution in [3.63, 3.8) is 0 Å². The van der Waals surface area contributed by atoms with Crippen LogP contribution in [0.2, 0.25) is 0 Å². The highest BCUT2D eigenvalue weighted by Gasteiger charge is 2.51. The van der Waals surface area contributed by atoms with Gasteiger partial charge >= 0.3 is 13.1 Å². The summed E-state index contributed by atoms with van der Waals surface area (Å²) in [6.45, 7) is 13.1. The molecule has 9 heteroatoms. The van der Waals surface area contributed by atoms with E-state index in [9.17, 15) is 9.59 Å². The molecule has 0 unspecified atom stereocenters. The van der Waals surface area contributed by atoms with Gasteiger partial charge in [0.2, 0.25) is 0 Å². The van der Waals surface area contributed by atoms with Crippen molar-refractivity contribution in [2.75, 3.05) is 0 Å². The summed E-state index contributed by atoms with van der Waals surface area (Å²) in [7, 11) is -0.584. The third-order valence-corrected chi connectivity index (χ3v) is 5.23. The van der Waals surface area contributed by atoms with Crippen LogP contribution in [0.25, 0.3) is 10.9 Å². The predicted molar refractivity (Wildman–Crippen MR) is 110 cm³/mol. The third-order valence-electron chi connectivity index (χ3n) is 5.23. The molecule has 0 saturated carbocycles. The molecule has 0 atom stereocenters. The number of hydrogen-bond donors (Lipinski definition) is 1. The summed E-state index contributed by atoms with van der Waals surface area (Å²) in [5.41, 5.74) is 5.37. The summed E-state index contributed by atoms with van der Waals surface area (Å²) in [5.74, 6) is -1.13. The number of primary amides is 1. The standard InChI is InChI=1S/C20H28BN3O5/c1-18(2,3)27-15(25)11-24-14-9-8-12(10-13(14)16(23-24)17(22)26)21-28-19(4,5)20(6,7)29-21/h8-10H,11H2,1-7H3,(H2,22,26). The maximum absolute atomic E-state index is 12.2. The van der Waals surface area contributed by atoms with Crippen molar-refractivity contribution in [3.05, 3.63) is 23.9 Å². The molecule has 1 amide bonds. The lowest BCUT2D eigenvalue weighted by molar-refractivity contribution is -0.155. The number of amides is 1. The third kappa shape index (κ3) is 4.16. The van der Waals surface area contributed by atoms with Gasteiger partial charge < -0.3 is 19.8 Å². The molecule has 1 aliphatic heterocycles. The minimum absolute atomic E-state index is 0.0851. The first-order chi connectivity index (χ1) is 13.2. The molecule has 1 aromatic heterocycles. The Morgan fingerprint density at radius 2 is 1.76 bits per heavy atom. The predicted octanol–water partition coefficient (Wildman–Crippen LogP) is 1.78. The van der Waals surface area contributed by atoms with Crippen LogP contribution in [0.15, 0.2) is 18.2 Å². The van der Waals surface area contributed by atoms with E-state index in [1.165, 1.54) is 4.68 Å². The van der Waals surface area contributed by atoms with Crippen molar-refractivity contribution in [1.29, 1.82) is 0 Å². The number of hydrogen-bond acceptors (Lipinski definition) is 6. The highest BCUT2D eigenvalue weighted by molar-refractivity contribution is 6.62. The molecule has 2 aromatic rings. The van der Waals surface area contributed by atoms with Crippen LogP contribution in [0.3, 0.4) is 0 Å². The highest BCUT2D eigenvalue weighted by atomic mass is 16.7. The maximum atomic E-state index is 12.2. The van der Waals surface area contributed by atoms with Gasteiger partial charge in [0.1, 0.15) is 12.1 Å². The number of esters is 1. The molecule has 29 heavy (non-hydrogen) atoms. The number of carbonyl (C=O) groups excluding carboxylic acids is 2. The number of ether oxygens (including phenoxy) is 1. The number of benzene rings is 1. The molecule has 0 radical (unpaired) electrons. The molecule has 1 aliphatic rings. The first kappa shape index (κ1) is 21.3. The molecule has 1 fully saturated rings. The lowest BCUT2D eigenvalue weighted by atomic mass is 9.78. The van der Waals surface area contributed by atoms with Crippen LogP contribution >= 0.6 is 0 Å². The van der Waals surface area contributed by atoms with Crippen LogP contribution < -0.4 is 11.2 Å². The molecule has 0 aliphatic carbocycles. The Morgan fingerprint density at radius 1 is 1.17 bits per heavy atom. The van der Waals surface area contributed by atoms with Crippen molar-refractivity contribution in [2.45, 2.75) is 71.8 Å². The molecule has 0 bridgehead atoms. The zero-order valence-corrected chi connectivity index (χ0v) is 18.0. The van der Waals surface area contributed by atoms with E-state index in [0.29, 0.717) is 10.9 Å². The number of nitrogens with two attached hydrogens (primary N) is 1. The van der Waals surface area contributed by atoms with Crippen LogP contribution in [-0.2, 0) is 25.4 Å². The van der Waals surface area contributed by atoms with E-state index in [1.54, 1.807) is 32.9 Å². The topological polar surface area (TPSA) is 106 Å². The van der Waals surface area contributed by atoms with Crippen LogP contribution in [0.4, 0.5) is 0 Å². The Bertz CT molecular complexity index is 958. The van der Waals surface area contributed by atoms with Gasteiger partial charge in [0.15, 0.2) is 5.69 Å². The first-order valence-corrected chi connectivity index (χ1v) is 9.58. The average Bonchev–Trinajstić information content (AvgIpc) is 3.00. The van der Waals surface area contributed by atoms with E-state index >= 15 is 0 Å². The summed E-state index contributed by atoms with van der Waals surface area (Å²) in [6, 6.07) is 5.39. The van der Waals surface area contributed by atoms with Crippen LogP contribution in [0.5, 0.6) is 0 Å². The van der Waals surface area contributed by atoms with E-state index in [0.717, 1.165) is 5.46 Å². The molecular formula is C20H28BN3O5. The molecule has 1 saturated heterocycles. The van der Waals surface area contributed by atoms with Crippen molar-refractivity contribution in [1.82, 2.24) is 9.78 Å². The number of fused-ring (bicyclic) bond motifs is 1. The number of aromatic nitrogens is 2. The fraction of sp³-hybridized carbons (Fsp3) is 0.550. The summed E-state index contributed by atoms with van der Waals surface area (Å²) < 4.78 is 19.0. The second kappa shape index (κ2) is 6.85. The SMILES string of the molecule is CC(C)(C)OC(=O)Cn1nc(C(N)=O)c2cc(B3OC(C)(C)C(C)(C)O3)ccc21. The normalized spacial score (nSPS) is 18.2. The second-order valence-electron chi connectivity index (χ2n) is 9.32. The largest absolute Gasteiger partial charge is 0.494 e. The van der Waals surface area contributed by atoms with E-state index in [1.807, 2.05) is 33.8 Å². The molecule has 156 valence electrons. The van der Waals surface area contributed by atoms with Gasteiger partial charge in [0.05, 0.1) is 16.7 Å². The van der Waals surface area contributed by atoms with Gasteiger partial charge in [0.25, 0.3) is 5.91 Å². The number of rotatable bonds is 4. The molecule has 1 aromatic carbocycles. The Hall–Kier alpha value is -2.39. The van der Waals surface area contributed by atoms with Crippen molar-refractivity contribution >= 4 is 35.4 Å². The summed E-state index contributed by atoms with van der Waals surface area (Å²) in [4.78, 5) is 24.2. The van der Waals surface area contributed by atoms with E-state index in [4.69, 9.17) is 19.8 Å². The van der Waals surface area contributed by atoms with E-state index in [-0.39, 0.29) is 12.2 Å². The second-order valence-corrected chi connectivity index (χ2v) is 9.32. The van der Waals surface area contributed by atoms with Crippen molar-refractivity contribution in [2.24, 2.45) is 5.73 Å². The Balaban J connectivity index is 1.98. The Kier molecular flexibility index (Phi) is 5.03. The quantitative estimate of drug-likeness (QED) is 0.619. The minimum Gasteiger partial charge on any atom is -0.459 e. The van der Waals surface area contributed by atoms with Gasteiger partial charge in [-0.3, -0.25) is 14.3 Å². The van der Waals surface area contributed by atoms with Gasteiger partial charge in [-0.05, 0) is 60.0 Å². The zero-order chi connectivity index (χ0) is 21.8. The van der Waals surface area contributed by atoms with Gasteiger partial charge in [0, 0.05) is 5.39 Å². The van der Waals surface area contributed by atoms with Crippen LogP contribution in [-0.4, -0.2) is 45.6 Å². The molecular weight excluding hydrogens is 373 g/mol. The molecule has 0 spiro atoms. The fourth-order valence-corrected chi connectivity index (χ4v) is 3.12. The summed E-state index contributed by atoms with van der Waals surface area (Å²) in [6.07, 6.45) is 0. The van der Waals surface area contributed by atoms with Crippen molar-refractivity contribution < 1.29 is 23.6 Å². The smallest absolute Gasteiger partial charge is 0.459 e. The lowest BCUT2D eigenvalue weighted by Gasteiger charge is -2.32. The Labute approximate surface area is 170 Å². The van der Waals surface area contributed by atoms with Crippen LogP contribution in [0.1, 0.15) is 59.0 Å². The average molecular weight is 401 g/mol. The number of carbonyl (C=O) groups is 2. The lowest BCUT2D eigenvalue weighted by Crippen LogP contribution is -2.41. The van der Waals surface area contributed by atoms with Gasteiger partial charge in [-0.25, -0.2) is 0 Å². The maximum Gasteiger partial charge on any atom is 0.494 e. The molecule has 2 heterocycles. The Morgan fingerprint density at radius 3 is 2.28 bits per heavy atom. The number of nitrogens with zero attached hydrogens (tertiary/aromatic N) is 2. The first-order valence-electron chi connectivity index (χ1n) is 9.58. The van der Waals surface area contributed by atoms with Crippen LogP contribution in [0, 0.1) is 0 Å². The van der Waals surface area contributed by atoms with E-state index < -0.39 is 35.8 Å². The van der Waals surface area contributed by atoms with Gasteiger partial charge in [-0.15, -0.1) is 0 Å².